The molecule has 0 bridgehead atoms. The average Bonchev–Trinajstić information content (AvgIpc) is 2.90. The number of benzene rings is 1. The standard InChI is InChI=1S/C15H15N3OS.CH4/c1-3-20-15-17-12(9-14-16-6-7-18(14)15)11-4-5-13(19)10(2)8-11;/h4-9,19H,3H2,1-2H3;1H4. The lowest BCUT2D eigenvalue weighted by atomic mass is 10.1. The van der Waals surface area contributed by atoms with Gasteiger partial charge >= 0.3 is 0 Å². The molecule has 1 N–H and O–H groups in total. The lowest BCUT2D eigenvalue weighted by Crippen LogP contribution is -1.96. The van der Waals surface area contributed by atoms with Crippen LogP contribution in [0.1, 0.15) is 19.9 Å². The second kappa shape index (κ2) is 6.18. The zero-order valence-electron chi connectivity index (χ0n) is 11.4. The lowest BCUT2D eigenvalue weighted by Gasteiger charge is -2.08. The van der Waals surface area contributed by atoms with Crippen molar-refractivity contribution in [2.24, 2.45) is 0 Å². The molecule has 0 unspecified atom stereocenters. The van der Waals surface area contributed by atoms with Gasteiger partial charge < -0.3 is 5.11 Å². The monoisotopic (exact) mass is 301 g/mol. The fraction of sp³-hybridized carbons (Fsp3) is 0.250. The van der Waals surface area contributed by atoms with Gasteiger partial charge in [0.25, 0.3) is 0 Å². The Morgan fingerprint density at radius 3 is 2.81 bits per heavy atom. The van der Waals surface area contributed by atoms with Gasteiger partial charge in [0.15, 0.2) is 5.16 Å². The topological polar surface area (TPSA) is 50.4 Å². The number of hydrogen-bond acceptors (Lipinski definition) is 4. The number of phenols is 1. The number of thioether (sulfide) groups is 1. The van der Waals surface area contributed by atoms with E-state index in [1.807, 2.05) is 35.7 Å². The van der Waals surface area contributed by atoms with E-state index in [9.17, 15) is 5.11 Å². The Morgan fingerprint density at radius 1 is 1.29 bits per heavy atom. The van der Waals surface area contributed by atoms with Gasteiger partial charge in [-0.25, -0.2) is 9.97 Å². The van der Waals surface area contributed by atoms with E-state index in [1.165, 1.54) is 0 Å². The fourth-order valence-electron chi connectivity index (χ4n) is 2.09. The molecule has 4 nitrogen and oxygen atoms in total. The van der Waals surface area contributed by atoms with Crippen molar-refractivity contribution in [3.8, 4) is 17.0 Å². The molecule has 0 aliphatic heterocycles. The van der Waals surface area contributed by atoms with Crippen LogP contribution >= 0.6 is 11.8 Å². The first kappa shape index (κ1) is 15.4. The Kier molecular flexibility index (Phi) is 4.53. The Morgan fingerprint density at radius 2 is 2.10 bits per heavy atom. The largest absolute Gasteiger partial charge is 0.508 e. The number of hydrogen-bond donors (Lipinski definition) is 1. The molecule has 0 spiro atoms. The summed E-state index contributed by atoms with van der Waals surface area (Å²) in [5.74, 6) is 1.26. The van der Waals surface area contributed by atoms with Crippen molar-refractivity contribution in [2.45, 2.75) is 26.4 Å². The van der Waals surface area contributed by atoms with Crippen LogP contribution in [0.2, 0.25) is 0 Å². The highest BCUT2D eigenvalue weighted by molar-refractivity contribution is 7.99. The zero-order chi connectivity index (χ0) is 14.1. The number of rotatable bonds is 3. The molecule has 3 rings (SSSR count). The molecule has 2 heterocycles. The van der Waals surface area contributed by atoms with E-state index in [-0.39, 0.29) is 7.43 Å². The minimum Gasteiger partial charge on any atom is -0.508 e. The number of imidazole rings is 1. The molecule has 0 atom stereocenters. The summed E-state index contributed by atoms with van der Waals surface area (Å²) in [6.07, 6.45) is 3.70. The summed E-state index contributed by atoms with van der Waals surface area (Å²) in [5, 5.41) is 10.6. The number of nitrogens with zero attached hydrogens (tertiary/aromatic N) is 3. The van der Waals surface area contributed by atoms with Crippen LogP contribution in [-0.2, 0) is 0 Å². The van der Waals surface area contributed by atoms with Crippen LogP contribution < -0.4 is 0 Å². The van der Waals surface area contributed by atoms with E-state index in [1.54, 1.807) is 24.0 Å². The van der Waals surface area contributed by atoms with Crippen LogP contribution in [0, 0.1) is 6.92 Å². The van der Waals surface area contributed by atoms with Gasteiger partial charge in [0, 0.05) is 24.0 Å². The minimum atomic E-state index is 0. The Bertz CT molecular complexity index is 767. The first-order chi connectivity index (χ1) is 9.69. The Hall–Kier alpha value is -2.01. The third kappa shape index (κ3) is 2.88. The maximum absolute atomic E-state index is 9.63. The third-order valence-corrected chi connectivity index (χ3v) is 3.96. The van der Waals surface area contributed by atoms with Gasteiger partial charge in [-0.1, -0.05) is 26.1 Å². The van der Waals surface area contributed by atoms with Crippen molar-refractivity contribution in [2.75, 3.05) is 5.75 Å². The van der Waals surface area contributed by atoms with E-state index in [4.69, 9.17) is 4.98 Å². The zero-order valence-corrected chi connectivity index (χ0v) is 12.2. The van der Waals surface area contributed by atoms with Crippen LogP contribution in [0.15, 0.2) is 41.8 Å². The fourth-order valence-corrected chi connectivity index (χ4v) is 2.80. The number of aryl methyl sites for hydroxylation is 1. The normalized spacial score (nSPS) is 10.6. The molecule has 0 amide bonds. The highest BCUT2D eigenvalue weighted by Crippen LogP contribution is 2.27. The van der Waals surface area contributed by atoms with Crippen molar-refractivity contribution in [1.29, 1.82) is 0 Å². The van der Waals surface area contributed by atoms with Gasteiger partial charge in [-0.3, -0.25) is 4.40 Å². The molecule has 110 valence electrons. The predicted octanol–water partition coefficient (Wildman–Crippen LogP) is 4.16. The van der Waals surface area contributed by atoms with Crippen LogP contribution in [0.3, 0.4) is 0 Å². The third-order valence-electron chi connectivity index (χ3n) is 3.12. The molecule has 21 heavy (non-hydrogen) atoms. The first-order valence-electron chi connectivity index (χ1n) is 6.46. The molecule has 0 saturated carbocycles. The molecule has 0 radical (unpaired) electrons. The second-order valence-corrected chi connectivity index (χ2v) is 5.74. The average molecular weight is 301 g/mol. The summed E-state index contributed by atoms with van der Waals surface area (Å²) >= 11 is 1.69. The van der Waals surface area contributed by atoms with Gasteiger partial charge in [-0.15, -0.1) is 0 Å². The molecule has 1 aromatic carbocycles. The van der Waals surface area contributed by atoms with Crippen molar-refractivity contribution >= 4 is 17.4 Å². The smallest absolute Gasteiger partial charge is 0.174 e. The van der Waals surface area contributed by atoms with E-state index in [0.717, 1.165) is 33.4 Å². The van der Waals surface area contributed by atoms with Gasteiger partial charge in [0.2, 0.25) is 0 Å². The van der Waals surface area contributed by atoms with E-state index < -0.39 is 0 Å². The quantitative estimate of drug-likeness (QED) is 0.583. The summed E-state index contributed by atoms with van der Waals surface area (Å²) in [7, 11) is 0. The highest BCUT2D eigenvalue weighted by atomic mass is 32.2. The molecule has 5 heteroatoms. The molecular weight excluding hydrogens is 282 g/mol. The van der Waals surface area contributed by atoms with Gasteiger partial charge in [0.05, 0.1) is 5.69 Å². The number of aromatic hydroxyl groups is 1. The van der Waals surface area contributed by atoms with Crippen molar-refractivity contribution in [1.82, 2.24) is 14.4 Å². The number of aromatic nitrogens is 3. The summed E-state index contributed by atoms with van der Waals surface area (Å²) in [6.45, 7) is 3.99. The summed E-state index contributed by atoms with van der Waals surface area (Å²) < 4.78 is 1.99. The minimum absolute atomic E-state index is 0. The van der Waals surface area contributed by atoms with Crippen LogP contribution in [0.4, 0.5) is 0 Å². The maximum atomic E-state index is 9.63. The summed E-state index contributed by atoms with van der Waals surface area (Å²) in [6, 6.07) is 7.49. The SMILES string of the molecule is C.CCSc1nc(-c2ccc(O)c(C)c2)cc2nccn12. The lowest BCUT2D eigenvalue weighted by molar-refractivity contribution is 0.471. The van der Waals surface area contributed by atoms with E-state index in [2.05, 4.69) is 11.9 Å². The Balaban J connectivity index is 0.00000161. The molecule has 3 aromatic rings. The second-order valence-electron chi connectivity index (χ2n) is 4.51. The number of fused-ring (bicyclic) bond motifs is 1. The van der Waals surface area contributed by atoms with Gasteiger partial charge in [0.1, 0.15) is 11.4 Å². The maximum Gasteiger partial charge on any atom is 0.174 e. The highest BCUT2D eigenvalue weighted by Gasteiger charge is 2.09. The van der Waals surface area contributed by atoms with E-state index in [0.29, 0.717) is 5.75 Å². The molecule has 0 aliphatic carbocycles. The van der Waals surface area contributed by atoms with Crippen molar-refractivity contribution < 1.29 is 5.11 Å². The molecule has 0 aliphatic rings. The van der Waals surface area contributed by atoms with E-state index >= 15 is 0 Å². The first-order valence-corrected chi connectivity index (χ1v) is 7.44. The molecule has 0 saturated heterocycles. The molecule has 2 aromatic heterocycles. The summed E-state index contributed by atoms with van der Waals surface area (Å²) in [5.41, 5.74) is 3.60. The van der Waals surface area contributed by atoms with Gasteiger partial charge in [-0.05, 0) is 36.4 Å². The molecular formula is C16H19N3OS. The Labute approximate surface area is 128 Å². The number of phenolic OH excluding ortho intramolecular Hbond substituents is 1. The van der Waals surface area contributed by atoms with Crippen molar-refractivity contribution in [3.05, 3.63) is 42.2 Å². The van der Waals surface area contributed by atoms with Crippen molar-refractivity contribution in [3.63, 3.8) is 0 Å². The summed E-state index contributed by atoms with van der Waals surface area (Å²) in [4.78, 5) is 9.06. The van der Waals surface area contributed by atoms with Gasteiger partial charge in [-0.2, -0.15) is 0 Å². The van der Waals surface area contributed by atoms with Crippen LogP contribution in [0.5, 0.6) is 5.75 Å². The van der Waals surface area contributed by atoms with Crippen LogP contribution in [-0.4, -0.2) is 25.2 Å². The van der Waals surface area contributed by atoms with Crippen LogP contribution in [0.25, 0.3) is 16.9 Å². The molecule has 0 fully saturated rings. The predicted molar refractivity (Wildman–Crippen MR) is 88.0 cm³/mol.